The molecule has 1 N–H and O–H groups in total. The standard InChI is InChI=1S/C26H22N2O8S/c1-15-4-6-18(7-5-15)24-17(3)35-23-14-20(10-13-22(23)25(24)29)36-26(30)16(2)27-37(33,34)21-11-8-19(9-12-21)28(31)32/h4-14,16,27H,1-3H3. The number of sulfonamides is 1. The number of non-ortho nitro benzene ring substituents is 1. The molecule has 1 heterocycles. The first-order chi connectivity index (χ1) is 17.5. The monoisotopic (exact) mass is 522 g/mol. The molecule has 0 radical (unpaired) electrons. The van der Waals surface area contributed by atoms with E-state index in [1.54, 1.807) is 6.92 Å². The zero-order valence-corrected chi connectivity index (χ0v) is 20.9. The van der Waals surface area contributed by atoms with E-state index < -0.39 is 27.0 Å². The third kappa shape index (κ3) is 5.42. The number of carbonyl (C=O) groups excluding carboxylic acids is 1. The molecule has 1 atom stereocenters. The van der Waals surface area contributed by atoms with Gasteiger partial charge in [-0.1, -0.05) is 29.8 Å². The molecule has 0 aliphatic carbocycles. The highest BCUT2D eigenvalue weighted by atomic mass is 32.2. The normalized spacial score (nSPS) is 12.3. The predicted molar refractivity (Wildman–Crippen MR) is 136 cm³/mol. The van der Waals surface area contributed by atoms with E-state index in [0.717, 1.165) is 35.4 Å². The number of aryl methyl sites for hydroxylation is 2. The molecule has 1 aromatic heterocycles. The molecule has 4 rings (SSSR count). The molecule has 0 aliphatic heterocycles. The summed E-state index contributed by atoms with van der Waals surface area (Å²) in [5.74, 6) is -0.446. The Morgan fingerprint density at radius 1 is 1.03 bits per heavy atom. The van der Waals surface area contributed by atoms with Crippen molar-refractivity contribution < 1.29 is 27.3 Å². The molecule has 0 saturated heterocycles. The Morgan fingerprint density at radius 2 is 1.68 bits per heavy atom. The maximum Gasteiger partial charge on any atom is 0.329 e. The van der Waals surface area contributed by atoms with Crippen LogP contribution in [0.5, 0.6) is 5.75 Å². The van der Waals surface area contributed by atoms with Gasteiger partial charge >= 0.3 is 5.97 Å². The average Bonchev–Trinajstić information content (AvgIpc) is 2.84. The van der Waals surface area contributed by atoms with Crippen LogP contribution in [-0.4, -0.2) is 25.4 Å². The summed E-state index contributed by atoms with van der Waals surface area (Å²) in [4.78, 5) is 35.6. The van der Waals surface area contributed by atoms with E-state index in [-0.39, 0.29) is 27.3 Å². The molecular weight excluding hydrogens is 500 g/mol. The third-order valence-electron chi connectivity index (χ3n) is 5.64. The van der Waals surface area contributed by atoms with Crippen LogP contribution in [0.4, 0.5) is 5.69 Å². The van der Waals surface area contributed by atoms with Crippen LogP contribution in [-0.2, 0) is 14.8 Å². The summed E-state index contributed by atoms with van der Waals surface area (Å²) in [7, 11) is -4.15. The summed E-state index contributed by atoms with van der Waals surface area (Å²) >= 11 is 0. The summed E-state index contributed by atoms with van der Waals surface area (Å²) in [6.45, 7) is 4.91. The number of ether oxygens (including phenoxy) is 1. The van der Waals surface area contributed by atoms with Gasteiger partial charge in [0.05, 0.1) is 20.8 Å². The van der Waals surface area contributed by atoms with E-state index >= 15 is 0 Å². The summed E-state index contributed by atoms with van der Waals surface area (Å²) < 4.78 is 38.5. The number of nitrogens with one attached hydrogen (secondary N) is 1. The number of nitrogens with zero attached hydrogens (tertiary/aromatic N) is 1. The molecule has 1 unspecified atom stereocenters. The molecule has 0 bridgehead atoms. The second-order valence-corrected chi connectivity index (χ2v) is 10.1. The Hall–Kier alpha value is -4.35. The molecule has 3 aromatic carbocycles. The molecule has 0 fully saturated rings. The summed E-state index contributed by atoms with van der Waals surface area (Å²) in [6, 6.07) is 14.7. The fraction of sp³-hybridized carbons (Fsp3) is 0.154. The minimum Gasteiger partial charge on any atom is -0.460 e. The number of esters is 1. The van der Waals surface area contributed by atoms with Gasteiger partial charge in [-0.15, -0.1) is 0 Å². The fourth-order valence-electron chi connectivity index (χ4n) is 3.70. The highest BCUT2D eigenvalue weighted by Gasteiger charge is 2.24. The molecule has 190 valence electrons. The molecule has 10 nitrogen and oxygen atoms in total. The van der Waals surface area contributed by atoms with Crippen LogP contribution in [0, 0.1) is 24.0 Å². The smallest absolute Gasteiger partial charge is 0.329 e. The number of nitro groups is 1. The maximum atomic E-state index is 13.1. The Kier molecular flexibility index (Phi) is 6.92. The third-order valence-corrected chi connectivity index (χ3v) is 7.20. The average molecular weight is 523 g/mol. The number of nitro benzene ring substituents is 1. The number of hydrogen-bond donors (Lipinski definition) is 1. The van der Waals surface area contributed by atoms with Gasteiger partial charge in [0.2, 0.25) is 15.5 Å². The zero-order chi connectivity index (χ0) is 26.9. The van der Waals surface area contributed by atoms with Gasteiger partial charge in [-0.25, -0.2) is 13.2 Å². The number of hydrogen-bond acceptors (Lipinski definition) is 8. The van der Waals surface area contributed by atoms with E-state index in [4.69, 9.17) is 9.15 Å². The van der Waals surface area contributed by atoms with Crippen LogP contribution in [0.3, 0.4) is 0 Å². The van der Waals surface area contributed by atoms with Crippen LogP contribution < -0.4 is 14.9 Å². The van der Waals surface area contributed by atoms with Gasteiger partial charge in [0, 0.05) is 18.2 Å². The van der Waals surface area contributed by atoms with Gasteiger partial charge in [-0.05, 0) is 50.6 Å². The summed E-state index contributed by atoms with van der Waals surface area (Å²) in [6.07, 6.45) is 0. The van der Waals surface area contributed by atoms with Crippen molar-refractivity contribution in [3.05, 3.63) is 98.4 Å². The van der Waals surface area contributed by atoms with Crippen LogP contribution in [0.25, 0.3) is 22.1 Å². The lowest BCUT2D eigenvalue weighted by Crippen LogP contribution is -2.40. The molecule has 0 aliphatic rings. The quantitative estimate of drug-likeness (QED) is 0.164. The first-order valence-corrected chi connectivity index (χ1v) is 12.6. The van der Waals surface area contributed by atoms with Crippen molar-refractivity contribution in [1.29, 1.82) is 0 Å². The van der Waals surface area contributed by atoms with Crippen LogP contribution in [0.15, 0.2) is 80.8 Å². The lowest BCUT2D eigenvalue weighted by molar-refractivity contribution is -0.384. The van der Waals surface area contributed by atoms with E-state index in [1.165, 1.54) is 25.1 Å². The minimum absolute atomic E-state index is 0.0597. The molecule has 0 amide bonds. The zero-order valence-electron chi connectivity index (χ0n) is 20.0. The van der Waals surface area contributed by atoms with E-state index in [2.05, 4.69) is 4.72 Å². The summed E-state index contributed by atoms with van der Waals surface area (Å²) in [5, 5.41) is 11.1. The van der Waals surface area contributed by atoms with E-state index in [0.29, 0.717) is 16.7 Å². The van der Waals surface area contributed by atoms with Crippen molar-refractivity contribution in [2.75, 3.05) is 0 Å². The molecule has 4 aromatic rings. The minimum atomic E-state index is -4.15. The predicted octanol–water partition coefficient (Wildman–Crippen LogP) is 4.26. The van der Waals surface area contributed by atoms with Crippen molar-refractivity contribution in [2.24, 2.45) is 0 Å². The van der Waals surface area contributed by atoms with Crippen molar-refractivity contribution in [1.82, 2.24) is 4.72 Å². The largest absolute Gasteiger partial charge is 0.460 e. The van der Waals surface area contributed by atoms with Gasteiger partial charge in [0.15, 0.2) is 0 Å². The second-order valence-electron chi connectivity index (χ2n) is 8.40. The SMILES string of the molecule is Cc1ccc(-c2c(C)oc3cc(OC(=O)C(C)NS(=O)(=O)c4ccc([N+](=O)[O-])cc4)ccc3c2=O)cc1. The first kappa shape index (κ1) is 25.7. The van der Waals surface area contributed by atoms with Gasteiger partial charge in [0.25, 0.3) is 5.69 Å². The first-order valence-electron chi connectivity index (χ1n) is 11.1. The molecule has 0 saturated carbocycles. The number of rotatable bonds is 7. The Morgan fingerprint density at radius 3 is 2.30 bits per heavy atom. The van der Waals surface area contributed by atoms with Crippen molar-refractivity contribution in [3.63, 3.8) is 0 Å². The highest BCUT2D eigenvalue weighted by molar-refractivity contribution is 7.89. The second kappa shape index (κ2) is 9.96. The van der Waals surface area contributed by atoms with Crippen LogP contribution in [0.2, 0.25) is 0 Å². The molecular formula is C26H22N2O8S. The van der Waals surface area contributed by atoms with Crippen molar-refractivity contribution in [2.45, 2.75) is 31.7 Å². The Balaban J connectivity index is 1.53. The Labute approximate surface area is 211 Å². The molecule has 11 heteroatoms. The topological polar surface area (TPSA) is 146 Å². The molecule has 0 spiro atoms. The summed E-state index contributed by atoms with van der Waals surface area (Å²) in [5.41, 5.74) is 1.93. The Bertz CT molecular complexity index is 1680. The van der Waals surface area contributed by atoms with Crippen LogP contribution >= 0.6 is 0 Å². The van der Waals surface area contributed by atoms with Gasteiger partial charge in [0.1, 0.15) is 23.1 Å². The number of benzene rings is 3. The highest BCUT2D eigenvalue weighted by Crippen LogP contribution is 2.27. The lowest BCUT2D eigenvalue weighted by atomic mass is 10.0. The fourth-order valence-corrected chi connectivity index (χ4v) is 4.90. The van der Waals surface area contributed by atoms with Crippen LogP contribution in [0.1, 0.15) is 18.2 Å². The van der Waals surface area contributed by atoms with Gasteiger partial charge in [-0.3, -0.25) is 14.9 Å². The molecule has 37 heavy (non-hydrogen) atoms. The number of carbonyl (C=O) groups is 1. The van der Waals surface area contributed by atoms with E-state index in [1.807, 2.05) is 31.2 Å². The van der Waals surface area contributed by atoms with Crippen molar-refractivity contribution in [3.8, 4) is 16.9 Å². The lowest BCUT2D eigenvalue weighted by Gasteiger charge is -2.14. The van der Waals surface area contributed by atoms with Gasteiger partial charge < -0.3 is 9.15 Å². The maximum absolute atomic E-state index is 13.1. The van der Waals surface area contributed by atoms with Crippen molar-refractivity contribution >= 4 is 32.6 Å². The van der Waals surface area contributed by atoms with E-state index in [9.17, 15) is 28.1 Å². The van der Waals surface area contributed by atoms with Gasteiger partial charge in [-0.2, -0.15) is 4.72 Å². The number of fused-ring (bicyclic) bond motifs is 1.